The molecule has 100 valence electrons. The van der Waals surface area contributed by atoms with Gasteiger partial charge in [0, 0.05) is 19.8 Å². The molecule has 1 heterocycles. The molecule has 0 saturated heterocycles. The van der Waals surface area contributed by atoms with Crippen LogP contribution in [0.2, 0.25) is 0 Å². The van der Waals surface area contributed by atoms with Gasteiger partial charge in [-0.2, -0.15) is 15.0 Å². The Morgan fingerprint density at radius 3 is 2.58 bits per heavy atom. The molecule has 0 amide bonds. The number of nitrogens with zero attached hydrogens (tertiary/aromatic N) is 4. The molecule has 6 nitrogen and oxygen atoms in total. The zero-order valence-electron chi connectivity index (χ0n) is 11.0. The molecule has 7 heteroatoms. The van der Waals surface area contributed by atoms with Crippen molar-refractivity contribution in [2.45, 2.75) is 6.92 Å². The number of nitrogens with one attached hydrogen (secondary N) is 1. The van der Waals surface area contributed by atoms with E-state index < -0.39 is 0 Å². The molecule has 0 aliphatic rings. The molecule has 0 saturated carbocycles. The fourth-order valence-corrected chi connectivity index (χ4v) is 1.44. The maximum Gasteiger partial charge on any atom is 0.233 e. The van der Waals surface area contributed by atoms with Crippen LogP contribution < -0.4 is 16.0 Å². The van der Waals surface area contributed by atoms with Crippen molar-refractivity contribution in [1.29, 1.82) is 0 Å². The first kappa shape index (κ1) is 13.0. The monoisotopic (exact) mass is 262 g/mol. The summed E-state index contributed by atoms with van der Waals surface area (Å²) in [6.45, 7) is 1.70. The van der Waals surface area contributed by atoms with Gasteiger partial charge in [-0.1, -0.05) is 6.07 Å². The van der Waals surface area contributed by atoms with Gasteiger partial charge in [0.15, 0.2) is 0 Å². The summed E-state index contributed by atoms with van der Waals surface area (Å²) in [4.78, 5) is 13.8. The van der Waals surface area contributed by atoms with Crippen LogP contribution in [-0.2, 0) is 0 Å². The summed E-state index contributed by atoms with van der Waals surface area (Å²) in [6, 6.07) is 4.80. The van der Waals surface area contributed by atoms with Gasteiger partial charge < -0.3 is 16.0 Å². The Hall–Kier alpha value is -2.44. The molecular formula is C12H15FN6. The molecule has 0 aliphatic heterocycles. The molecule has 19 heavy (non-hydrogen) atoms. The van der Waals surface area contributed by atoms with Crippen molar-refractivity contribution in [2.24, 2.45) is 0 Å². The highest BCUT2D eigenvalue weighted by molar-refractivity contribution is 5.56. The molecule has 2 rings (SSSR count). The lowest BCUT2D eigenvalue weighted by molar-refractivity contribution is 0.619. The normalized spacial score (nSPS) is 10.3. The Balaban J connectivity index is 2.29. The lowest BCUT2D eigenvalue weighted by Gasteiger charge is -2.12. The van der Waals surface area contributed by atoms with Crippen LogP contribution in [-0.4, -0.2) is 29.0 Å². The number of hydrogen-bond donors (Lipinski definition) is 2. The second kappa shape index (κ2) is 5.05. The van der Waals surface area contributed by atoms with E-state index in [2.05, 4.69) is 20.3 Å². The third-order valence-corrected chi connectivity index (χ3v) is 2.47. The van der Waals surface area contributed by atoms with E-state index in [1.807, 2.05) is 0 Å². The summed E-state index contributed by atoms with van der Waals surface area (Å²) >= 11 is 0. The number of halogens is 1. The Kier molecular flexibility index (Phi) is 3.46. The molecule has 0 radical (unpaired) electrons. The first-order chi connectivity index (χ1) is 8.95. The third kappa shape index (κ3) is 3.06. The molecule has 0 bridgehead atoms. The minimum atomic E-state index is -0.292. The van der Waals surface area contributed by atoms with Crippen LogP contribution in [0.4, 0.5) is 27.9 Å². The number of aryl methyl sites for hydroxylation is 1. The molecule has 2 aromatic rings. The molecule has 1 aromatic carbocycles. The largest absolute Gasteiger partial charge is 0.368 e. The third-order valence-electron chi connectivity index (χ3n) is 2.47. The van der Waals surface area contributed by atoms with E-state index in [4.69, 9.17) is 5.73 Å². The second-order valence-corrected chi connectivity index (χ2v) is 4.30. The van der Waals surface area contributed by atoms with E-state index in [9.17, 15) is 4.39 Å². The van der Waals surface area contributed by atoms with Crippen LogP contribution in [0.15, 0.2) is 18.2 Å². The summed E-state index contributed by atoms with van der Waals surface area (Å²) in [5.74, 6) is 0.524. The fourth-order valence-electron chi connectivity index (χ4n) is 1.44. The SMILES string of the molecule is Cc1ccc(Nc2nc(N)nc(N(C)C)n2)cc1F. The van der Waals surface area contributed by atoms with Gasteiger partial charge in [0.2, 0.25) is 17.8 Å². The Labute approximate surface area is 110 Å². The summed E-state index contributed by atoms with van der Waals surface area (Å²) in [5.41, 5.74) is 6.73. The first-order valence-corrected chi connectivity index (χ1v) is 5.68. The molecule has 0 unspecified atom stereocenters. The van der Waals surface area contributed by atoms with E-state index in [-0.39, 0.29) is 17.7 Å². The number of nitrogens with two attached hydrogens (primary N) is 1. The lowest BCUT2D eigenvalue weighted by atomic mass is 10.2. The number of nitrogen functional groups attached to an aromatic ring is 1. The highest BCUT2D eigenvalue weighted by atomic mass is 19.1. The van der Waals surface area contributed by atoms with E-state index in [1.165, 1.54) is 6.07 Å². The minimum absolute atomic E-state index is 0.105. The van der Waals surface area contributed by atoms with Crippen molar-refractivity contribution in [3.8, 4) is 0 Å². The van der Waals surface area contributed by atoms with Gasteiger partial charge >= 0.3 is 0 Å². The van der Waals surface area contributed by atoms with Gasteiger partial charge in [-0.05, 0) is 24.6 Å². The highest BCUT2D eigenvalue weighted by Gasteiger charge is 2.07. The van der Waals surface area contributed by atoms with Gasteiger partial charge in [0.1, 0.15) is 5.82 Å². The number of anilines is 4. The molecule has 0 aliphatic carbocycles. The second-order valence-electron chi connectivity index (χ2n) is 4.30. The number of rotatable bonds is 3. The van der Waals surface area contributed by atoms with E-state index in [0.717, 1.165) is 0 Å². The Morgan fingerprint density at radius 2 is 1.95 bits per heavy atom. The van der Waals surface area contributed by atoms with Crippen molar-refractivity contribution in [1.82, 2.24) is 15.0 Å². The zero-order chi connectivity index (χ0) is 14.0. The van der Waals surface area contributed by atoms with Crippen LogP contribution in [0.5, 0.6) is 0 Å². The molecule has 1 aromatic heterocycles. The summed E-state index contributed by atoms with van der Waals surface area (Å²) in [6.07, 6.45) is 0. The van der Waals surface area contributed by atoms with E-state index in [0.29, 0.717) is 17.2 Å². The number of hydrogen-bond acceptors (Lipinski definition) is 6. The van der Waals surface area contributed by atoms with Crippen LogP contribution in [0.1, 0.15) is 5.56 Å². The van der Waals surface area contributed by atoms with Crippen molar-refractivity contribution in [3.63, 3.8) is 0 Å². The van der Waals surface area contributed by atoms with E-state index >= 15 is 0 Å². The fraction of sp³-hybridized carbons (Fsp3) is 0.250. The Bertz CT molecular complexity index is 599. The topological polar surface area (TPSA) is 80.0 Å². The van der Waals surface area contributed by atoms with Crippen molar-refractivity contribution in [2.75, 3.05) is 30.0 Å². The van der Waals surface area contributed by atoms with Gasteiger partial charge in [-0.25, -0.2) is 4.39 Å². The zero-order valence-corrected chi connectivity index (χ0v) is 11.0. The van der Waals surface area contributed by atoms with E-state index in [1.54, 1.807) is 38.1 Å². The highest BCUT2D eigenvalue weighted by Crippen LogP contribution is 2.18. The summed E-state index contributed by atoms with van der Waals surface area (Å²) < 4.78 is 13.4. The van der Waals surface area contributed by atoms with Gasteiger partial charge in [-0.15, -0.1) is 0 Å². The Morgan fingerprint density at radius 1 is 1.21 bits per heavy atom. The molecule has 0 fully saturated rings. The predicted molar refractivity (Wildman–Crippen MR) is 73.0 cm³/mol. The number of benzene rings is 1. The average molecular weight is 262 g/mol. The maximum absolute atomic E-state index is 13.4. The summed E-state index contributed by atoms with van der Waals surface area (Å²) in [5, 5.41) is 2.90. The predicted octanol–water partition coefficient (Wildman–Crippen LogP) is 1.71. The summed E-state index contributed by atoms with van der Waals surface area (Å²) in [7, 11) is 3.59. The lowest BCUT2D eigenvalue weighted by Crippen LogP contribution is -2.15. The first-order valence-electron chi connectivity index (χ1n) is 5.68. The van der Waals surface area contributed by atoms with Crippen LogP contribution in [0, 0.1) is 12.7 Å². The van der Waals surface area contributed by atoms with Gasteiger partial charge in [0.25, 0.3) is 0 Å². The molecule has 0 atom stereocenters. The quantitative estimate of drug-likeness (QED) is 0.876. The van der Waals surface area contributed by atoms with Gasteiger partial charge in [-0.3, -0.25) is 0 Å². The van der Waals surface area contributed by atoms with Crippen molar-refractivity contribution < 1.29 is 4.39 Å². The molecular weight excluding hydrogens is 247 g/mol. The number of aromatic nitrogens is 3. The maximum atomic E-state index is 13.4. The average Bonchev–Trinajstić information content (AvgIpc) is 2.33. The molecule has 0 spiro atoms. The van der Waals surface area contributed by atoms with Crippen LogP contribution in [0.3, 0.4) is 0 Å². The smallest absolute Gasteiger partial charge is 0.233 e. The van der Waals surface area contributed by atoms with Crippen molar-refractivity contribution in [3.05, 3.63) is 29.6 Å². The minimum Gasteiger partial charge on any atom is -0.368 e. The van der Waals surface area contributed by atoms with Crippen molar-refractivity contribution >= 4 is 23.5 Å². The van der Waals surface area contributed by atoms with Crippen LogP contribution in [0.25, 0.3) is 0 Å². The van der Waals surface area contributed by atoms with Gasteiger partial charge in [0.05, 0.1) is 0 Å². The van der Waals surface area contributed by atoms with Crippen LogP contribution >= 0.6 is 0 Å². The molecule has 3 N–H and O–H groups in total. The standard InChI is InChI=1S/C12H15FN6/c1-7-4-5-8(6-9(7)13)15-11-16-10(14)17-12(18-11)19(2)3/h4-6H,1-3H3,(H3,14,15,16,17,18).